The van der Waals surface area contributed by atoms with Crippen molar-refractivity contribution in [3.8, 4) is 0 Å². The summed E-state index contributed by atoms with van der Waals surface area (Å²) in [6, 6.07) is 10.6. The van der Waals surface area contributed by atoms with E-state index in [1.54, 1.807) is 0 Å². The van der Waals surface area contributed by atoms with Gasteiger partial charge in [0, 0.05) is 19.1 Å². The smallest absolute Gasteiger partial charge is 0.410 e. The van der Waals surface area contributed by atoms with Crippen LogP contribution in [0.15, 0.2) is 30.3 Å². The lowest BCUT2D eigenvalue weighted by molar-refractivity contribution is 0.0927. The molecule has 0 spiro atoms. The lowest BCUT2D eigenvalue weighted by atomic mass is 9.80. The Bertz CT molecular complexity index is 1410. The van der Waals surface area contributed by atoms with E-state index in [-0.39, 0.29) is 23.7 Å². The van der Waals surface area contributed by atoms with Crippen LogP contribution >= 0.6 is 0 Å². The first-order valence-corrected chi connectivity index (χ1v) is 15.4. The van der Waals surface area contributed by atoms with Crippen LogP contribution in [0.5, 0.6) is 0 Å². The minimum atomic E-state index is -1.32. The van der Waals surface area contributed by atoms with Crippen molar-refractivity contribution in [2.24, 2.45) is 17.8 Å². The molecule has 11 nitrogen and oxygen atoms in total. The van der Waals surface area contributed by atoms with Crippen LogP contribution in [-0.2, 0) is 11.3 Å². The molecule has 224 valence electrons. The number of anilines is 2. The number of carbonyl (C=O) groups is 1. The van der Waals surface area contributed by atoms with Crippen molar-refractivity contribution < 1.29 is 14.6 Å². The molecule has 2 aromatic heterocycles. The van der Waals surface area contributed by atoms with E-state index in [2.05, 4.69) is 63.2 Å². The van der Waals surface area contributed by atoms with Crippen LogP contribution < -0.4 is 15.5 Å². The fraction of sp³-hybridized carbons (Fsp3) is 0.581. The third-order valence-corrected chi connectivity index (χ3v) is 9.41. The number of benzene rings is 1. The predicted molar refractivity (Wildman–Crippen MR) is 162 cm³/mol. The monoisotopic (exact) mass is 574 g/mol. The van der Waals surface area contributed by atoms with Crippen molar-refractivity contribution >= 4 is 34.9 Å². The fourth-order valence-corrected chi connectivity index (χ4v) is 6.63. The van der Waals surface area contributed by atoms with E-state index < -0.39 is 6.09 Å². The number of nitrogens with one attached hydrogen (secondary N) is 3. The summed E-state index contributed by atoms with van der Waals surface area (Å²) in [5.41, 5.74) is 2.45. The third-order valence-electron chi connectivity index (χ3n) is 9.41. The molecule has 2 aliphatic carbocycles. The van der Waals surface area contributed by atoms with Gasteiger partial charge in [-0.3, -0.25) is 10.7 Å². The van der Waals surface area contributed by atoms with E-state index in [9.17, 15) is 9.90 Å². The summed E-state index contributed by atoms with van der Waals surface area (Å²) in [7, 11) is 0. The number of rotatable bonds is 8. The number of fused-ring (bicyclic) bond motifs is 1. The van der Waals surface area contributed by atoms with Crippen LogP contribution in [0.25, 0.3) is 11.2 Å². The fourth-order valence-electron chi connectivity index (χ4n) is 6.63. The van der Waals surface area contributed by atoms with Gasteiger partial charge in [0.1, 0.15) is 5.52 Å². The summed E-state index contributed by atoms with van der Waals surface area (Å²) < 4.78 is 8.26. The average molecular weight is 575 g/mol. The molecular weight excluding hydrogens is 532 g/mol. The molecule has 42 heavy (non-hydrogen) atoms. The molecule has 6 rings (SSSR count). The van der Waals surface area contributed by atoms with Crippen LogP contribution in [0.3, 0.4) is 0 Å². The summed E-state index contributed by atoms with van der Waals surface area (Å²) in [6.45, 7) is 7.16. The minimum absolute atomic E-state index is 0.00777. The molecule has 3 aliphatic rings. The van der Waals surface area contributed by atoms with Gasteiger partial charge in [0.25, 0.3) is 0 Å². The Hall–Kier alpha value is -3.73. The quantitative estimate of drug-likeness (QED) is 0.206. The second kappa shape index (κ2) is 12.2. The topological polar surface area (TPSA) is 141 Å². The Labute approximate surface area is 246 Å². The van der Waals surface area contributed by atoms with Gasteiger partial charge in [0.15, 0.2) is 23.1 Å². The molecule has 2 atom stereocenters. The summed E-state index contributed by atoms with van der Waals surface area (Å²) >= 11 is 0. The minimum Gasteiger partial charge on any atom is -0.465 e. The molecule has 4 N–H and O–H groups in total. The zero-order chi connectivity index (χ0) is 29.2. The van der Waals surface area contributed by atoms with Gasteiger partial charge in [0.2, 0.25) is 5.95 Å². The number of nitrogens with zero attached hydrogens (tertiary/aromatic N) is 5. The second-order valence-electron chi connectivity index (χ2n) is 12.3. The number of amidine groups is 1. The number of ether oxygens (including phenoxy) is 1. The second-order valence-corrected chi connectivity index (χ2v) is 12.3. The summed E-state index contributed by atoms with van der Waals surface area (Å²) in [5, 5.41) is 23.4. The van der Waals surface area contributed by atoms with Crippen LogP contribution in [0, 0.1) is 23.2 Å². The van der Waals surface area contributed by atoms with Gasteiger partial charge in [-0.05, 0) is 55.9 Å². The highest BCUT2D eigenvalue weighted by Crippen LogP contribution is 2.38. The van der Waals surface area contributed by atoms with E-state index in [0.29, 0.717) is 43.1 Å². The molecule has 0 bridgehead atoms. The molecule has 1 amide bonds. The highest BCUT2D eigenvalue weighted by atomic mass is 16.5. The highest BCUT2D eigenvalue weighted by molar-refractivity contribution is 6.03. The number of aromatic nitrogens is 4. The predicted octanol–water partition coefficient (Wildman–Crippen LogP) is 5.42. The molecule has 1 saturated heterocycles. The number of hydrogen-bond acceptors (Lipinski definition) is 8. The lowest BCUT2D eigenvalue weighted by Crippen LogP contribution is -2.41. The largest absolute Gasteiger partial charge is 0.465 e. The van der Waals surface area contributed by atoms with Crippen molar-refractivity contribution in [3.63, 3.8) is 0 Å². The van der Waals surface area contributed by atoms with Gasteiger partial charge in [-0.25, -0.2) is 14.8 Å². The molecule has 11 heteroatoms. The van der Waals surface area contributed by atoms with Gasteiger partial charge >= 0.3 is 6.09 Å². The molecule has 1 aliphatic heterocycles. The molecule has 1 aromatic carbocycles. The first-order valence-electron chi connectivity index (χ1n) is 15.4. The maximum absolute atomic E-state index is 11.4. The van der Waals surface area contributed by atoms with Gasteiger partial charge in [-0.1, -0.05) is 56.5 Å². The van der Waals surface area contributed by atoms with Gasteiger partial charge in [0.05, 0.1) is 19.3 Å². The maximum Gasteiger partial charge on any atom is 0.410 e. The van der Waals surface area contributed by atoms with E-state index >= 15 is 0 Å². The zero-order valence-electron chi connectivity index (χ0n) is 24.6. The lowest BCUT2D eigenvalue weighted by Gasteiger charge is -2.37. The molecular formula is C31H42N8O3. The van der Waals surface area contributed by atoms with Crippen molar-refractivity contribution in [2.75, 3.05) is 30.0 Å². The van der Waals surface area contributed by atoms with Crippen LogP contribution in [-0.4, -0.2) is 62.4 Å². The third kappa shape index (κ3) is 5.92. The van der Waals surface area contributed by atoms with Crippen molar-refractivity contribution in [1.82, 2.24) is 24.8 Å². The Morgan fingerprint density at radius 1 is 1.12 bits per heavy atom. The van der Waals surface area contributed by atoms with Crippen LogP contribution in [0.2, 0.25) is 0 Å². The Morgan fingerprint density at radius 2 is 1.88 bits per heavy atom. The Kier molecular flexibility index (Phi) is 8.28. The maximum atomic E-state index is 11.4. The zero-order valence-corrected chi connectivity index (χ0v) is 24.6. The number of imidazole rings is 1. The average Bonchev–Trinajstić information content (AvgIpc) is 3.31. The van der Waals surface area contributed by atoms with Crippen molar-refractivity contribution in [1.29, 1.82) is 5.41 Å². The first-order chi connectivity index (χ1) is 20.4. The number of amides is 1. The Morgan fingerprint density at radius 3 is 2.57 bits per heavy atom. The van der Waals surface area contributed by atoms with Gasteiger partial charge < -0.3 is 24.6 Å². The van der Waals surface area contributed by atoms with Crippen molar-refractivity contribution in [2.45, 2.75) is 77.4 Å². The molecule has 3 fully saturated rings. The van der Waals surface area contributed by atoms with Gasteiger partial charge in [-0.15, -0.1) is 0 Å². The summed E-state index contributed by atoms with van der Waals surface area (Å²) in [4.78, 5) is 28.2. The van der Waals surface area contributed by atoms with Crippen LogP contribution in [0.1, 0.15) is 76.2 Å². The number of hydrogen-bond donors (Lipinski definition) is 4. The van der Waals surface area contributed by atoms with E-state index in [0.717, 1.165) is 23.9 Å². The van der Waals surface area contributed by atoms with E-state index in [1.165, 1.54) is 50.5 Å². The molecule has 3 heterocycles. The number of morpholine rings is 1. The molecule has 0 radical (unpaired) electrons. The summed E-state index contributed by atoms with van der Waals surface area (Å²) in [6.07, 6.45) is 7.02. The van der Waals surface area contributed by atoms with Crippen molar-refractivity contribution in [3.05, 3.63) is 41.7 Å². The van der Waals surface area contributed by atoms with E-state index in [4.69, 9.17) is 20.1 Å². The summed E-state index contributed by atoms with van der Waals surface area (Å²) in [5.74, 6) is 2.89. The highest BCUT2D eigenvalue weighted by Gasteiger charge is 2.33. The van der Waals surface area contributed by atoms with Crippen LogP contribution in [0.4, 0.5) is 16.6 Å². The molecule has 3 aromatic rings. The SMILES string of the molecule is CC1CCC(Cn2c(N3CCOC[C@@H]3c3ccccc3)nc3nc(C(=N)NC(=O)O)nc(N[C@H](C)C4CCC4)c32)CC1. The molecule has 2 saturated carbocycles. The molecule has 0 unspecified atom stereocenters. The standard InChI is InChI=1S/C31H42N8O3/c1-19-11-13-21(14-12-19)17-39-25-27(33-20(2)22-9-6-10-22)35-29(26(32)34-31(40)41)36-28(25)37-30(39)38-15-16-42-18-24(38)23-7-4-3-5-8-23/h3-5,7-8,19-22,24H,6,9-18H2,1-2H3,(H2,32,34)(H,40,41)(H,33,35,36)/t19?,20-,21?,24-/m1/s1. The van der Waals surface area contributed by atoms with Gasteiger partial charge in [-0.2, -0.15) is 4.98 Å². The van der Waals surface area contributed by atoms with E-state index in [1.807, 2.05) is 6.07 Å². The first kappa shape index (κ1) is 28.4. The normalized spacial score (nSPS) is 23.8. The number of carboxylic acid groups (broad SMARTS) is 1. The Balaban J connectivity index is 1.48.